The Bertz CT molecular complexity index is 891. The molecule has 3 heterocycles. The summed E-state index contributed by atoms with van der Waals surface area (Å²) in [5, 5.41) is 8.82. The topological polar surface area (TPSA) is 83.0 Å². The Balaban J connectivity index is 1.53. The normalized spacial score (nSPS) is 14.2. The van der Waals surface area contributed by atoms with E-state index in [1.54, 1.807) is 17.8 Å². The summed E-state index contributed by atoms with van der Waals surface area (Å²) in [5.74, 6) is -0.216. The fourth-order valence-electron chi connectivity index (χ4n) is 2.87. The Morgan fingerprint density at radius 3 is 2.73 bits per heavy atom. The summed E-state index contributed by atoms with van der Waals surface area (Å²) < 4.78 is 0. The molecule has 0 radical (unpaired) electrons. The van der Waals surface area contributed by atoms with Crippen LogP contribution in [0.1, 0.15) is 10.5 Å². The van der Waals surface area contributed by atoms with Crippen LogP contribution in [0.25, 0.3) is 10.6 Å². The molecule has 132 valence electrons. The summed E-state index contributed by atoms with van der Waals surface area (Å²) in [6, 6.07) is 7.88. The highest BCUT2D eigenvalue weighted by molar-refractivity contribution is 7.13. The van der Waals surface area contributed by atoms with Crippen molar-refractivity contribution in [2.75, 3.05) is 36.4 Å². The van der Waals surface area contributed by atoms with Crippen molar-refractivity contribution in [2.24, 2.45) is 0 Å². The fraction of sp³-hybridized carbons (Fsp3) is 0.222. The van der Waals surface area contributed by atoms with Gasteiger partial charge in [-0.25, -0.2) is 15.0 Å². The minimum Gasteiger partial charge on any atom is -0.367 e. The Labute approximate surface area is 155 Å². The zero-order chi connectivity index (χ0) is 17.8. The second-order valence-corrected chi connectivity index (χ2v) is 6.73. The first kappa shape index (κ1) is 16.6. The van der Waals surface area contributed by atoms with Gasteiger partial charge < -0.3 is 15.5 Å². The standard InChI is InChI=1S/C18H18N6OS/c25-17(15-11-26-18(23-15)13-9-20-12-21-10-13)22-14-3-1-2-4-16(14)24-7-5-19-6-8-24/h1-4,9-12,19H,5-8H2,(H,22,25). The van der Waals surface area contributed by atoms with Crippen LogP contribution in [-0.2, 0) is 0 Å². The minimum atomic E-state index is -0.216. The molecule has 0 aliphatic carbocycles. The van der Waals surface area contributed by atoms with Gasteiger partial charge in [0.05, 0.1) is 11.4 Å². The van der Waals surface area contributed by atoms with E-state index < -0.39 is 0 Å². The van der Waals surface area contributed by atoms with Crippen LogP contribution in [0.15, 0.2) is 48.4 Å². The number of benzene rings is 1. The second-order valence-electron chi connectivity index (χ2n) is 5.87. The van der Waals surface area contributed by atoms with Crippen LogP contribution in [0.3, 0.4) is 0 Å². The maximum atomic E-state index is 12.7. The number of para-hydroxylation sites is 2. The predicted octanol–water partition coefficient (Wildman–Crippen LogP) is 2.26. The van der Waals surface area contributed by atoms with E-state index in [4.69, 9.17) is 0 Å². The van der Waals surface area contributed by atoms with Gasteiger partial charge >= 0.3 is 0 Å². The van der Waals surface area contributed by atoms with Crippen LogP contribution in [0, 0.1) is 0 Å². The molecule has 3 aromatic rings. The van der Waals surface area contributed by atoms with Crippen molar-refractivity contribution in [2.45, 2.75) is 0 Å². The molecule has 1 aliphatic rings. The number of aromatic nitrogens is 3. The molecule has 0 saturated carbocycles. The molecular weight excluding hydrogens is 348 g/mol. The first-order valence-corrected chi connectivity index (χ1v) is 9.26. The summed E-state index contributed by atoms with van der Waals surface area (Å²) in [5.41, 5.74) is 3.04. The number of nitrogens with zero attached hydrogens (tertiary/aromatic N) is 4. The van der Waals surface area contributed by atoms with Crippen molar-refractivity contribution in [3.8, 4) is 10.6 Å². The lowest BCUT2D eigenvalue weighted by Crippen LogP contribution is -2.43. The number of anilines is 2. The molecule has 1 aliphatic heterocycles. The van der Waals surface area contributed by atoms with Crippen molar-refractivity contribution in [1.29, 1.82) is 0 Å². The molecule has 2 aromatic heterocycles. The second kappa shape index (κ2) is 7.59. The first-order valence-electron chi connectivity index (χ1n) is 8.38. The highest BCUT2D eigenvalue weighted by Gasteiger charge is 2.17. The van der Waals surface area contributed by atoms with Crippen LogP contribution in [-0.4, -0.2) is 47.0 Å². The third-order valence-electron chi connectivity index (χ3n) is 4.15. The number of carbonyl (C=O) groups is 1. The molecule has 26 heavy (non-hydrogen) atoms. The number of nitrogens with one attached hydrogen (secondary N) is 2. The molecule has 8 heteroatoms. The lowest BCUT2D eigenvalue weighted by atomic mass is 10.2. The lowest BCUT2D eigenvalue weighted by molar-refractivity contribution is 0.102. The predicted molar refractivity (Wildman–Crippen MR) is 103 cm³/mol. The van der Waals surface area contributed by atoms with Crippen molar-refractivity contribution in [1.82, 2.24) is 20.3 Å². The Morgan fingerprint density at radius 2 is 1.92 bits per heavy atom. The van der Waals surface area contributed by atoms with E-state index >= 15 is 0 Å². The third kappa shape index (κ3) is 3.56. The lowest BCUT2D eigenvalue weighted by Gasteiger charge is -2.31. The summed E-state index contributed by atoms with van der Waals surface area (Å²) in [6.07, 6.45) is 4.85. The monoisotopic (exact) mass is 366 g/mol. The number of thiazole rings is 1. The molecule has 1 fully saturated rings. The summed E-state index contributed by atoms with van der Waals surface area (Å²) >= 11 is 1.40. The van der Waals surface area contributed by atoms with Crippen LogP contribution in [0.2, 0.25) is 0 Å². The van der Waals surface area contributed by atoms with Gasteiger partial charge in [-0.15, -0.1) is 11.3 Å². The number of amides is 1. The highest BCUT2D eigenvalue weighted by Crippen LogP contribution is 2.27. The smallest absolute Gasteiger partial charge is 0.275 e. The SMILES string of the molecule is O=C(Nc1ccccc1N1CCNCC1)c1csc(-c2cncnc2)n1. The molecule has 0 atom stereocenters. The quantitative estimate of drug-likeness (QED) is 0.737. The van der Waals surface area contributed by atoms with Gasteiger partial charge in [0.2, 0.25) is 0 Å². The van der Waals surface area contributed by atoms with Gasteiger partial charge in [-0.3, -0.25) is 4.79 Å². The van der Waals surface area contributed by atoms with Crippen molar-refractivity contribution < 1.29 is 4.79 Å². The van der Waals surface area contributed by atoms with Gasteiger partial charge in [0, 0.05) is 49.5 Å². The maximum Gasteiger partial charge on any atom is 0.275 e. The molecule has 1 aromatic carbocycles. The summed E-state index contributed by atoms with van der Waals surface area (Å²) in [7, 11) is 0. The molecule has 0 unspecified atom stereocenters. The van der Waals surface area contributed by atoms with Gasteiger partial charge in [-0.05, 0) is 12.1 Å². The van der Waals surface area contributed by atoms with Crippen molar-refractivity contribution in [3.63, 3.8) is 0 Å². The van der Waals surface area contributed by atoms with Crippen LogP contribution < -0.4 is 15.5 Å². The minimum absolute atomic E-state index is 0.216. The Kier molecular flexibility index (Phi) is 4.85. The molecule has 2 N–H and O–H groups in total. The number of piperazine rings is 1. The van der Waals surface area contributed by atoms with Gasteiger partial charge in [-0.2, -0.15) is 0 Å². The fourth-order valence-corrected chi connectivity index (χ4v) is 3.64. The first-order chi connectivity index (χ1) is 12.8. The van der Waals surface area contributed by atoms with E-state index in [0.29, 0.717) is 5.69 Å². The van der Waals surface area contributed by atoms with E-state index in [2.05, 4.69) is 30.5 Å². The van der Waals surface area contributed by atoms with Gasteiger partial charge in [-0.1, -0.05) is 12.1 Å². The summed E-state index contributed by atoms with van der Waals surface area (Å²) in [6.45, 7) is 3.72. The molecule has 7 nitrogen and oxygen atoms in total. The van der Waals surface area contributed by atoms with E-state index in [-0.39, 0.29) is 5.91 Å². The van der Waals surface area contributed by atoms with Gasteiger partial charge in [0.1, 0.15) is 17.0 Å². The number of hydrogen-bond acceptors (Lipinski definition) is 7. The maximum absolute atomic E-state index is 12.7. The van der Waals surface area contributed by atoms with Crippen molar-refractivity contribution in [3.05, 3.63) is 54.1 Å². The molecule has 0 bridgehead atoms. The number of rotatable bonds is 4. The van der Waals surface area contributed by atoms with E-state index in [0.717, 1.165) is 48.1 Å². The van der Waals surface area contributed by atoms with E-state index in [1.165, 1.54) is 17.7 Å². The third-order valence-corrected chi connectivity index (χ3v) is 5.05. The number of carbonyl (C=O) groups excluding carboxylic acids is 1. The molecule has 1 amide bonds. The highest BCUT2D eigenvalue weighted by atomic mass is 32.1. The molecule has 1 saturated heterocycles. The number of hydrogen-bond donors (Lipinski definition) is 2. The largest absolute Gasteiger partial charge is 0.367 e. The molecular formula is C18H18N6OS. The van der Waals surface area contributed by atoms with E-state index in [9.17, 15) is 4.79 Å². The molecule has 0 spiro atoms. The Morgan fingerprint density at radius 1 is 1.15 bits per heavy atom. The van der Waals surface area contributed by atoms with E-state index in [1.807, 2.05) is 24.3 Å². The van der Waals surface area contributed by atoms with Gasteiger partial charge in [0.25, 0.3) is 5.91 Å². The molecule has 4 rings (SSSR count). The summed E-state index contributed by atoms with van der Waals surface area (Å²) in [4.78, 5) is 27.3. The van der Waals surface area contributed by atoms with Crippen LogP contribution in [0.5, 0.6) is 0 Å². The average Bonchev–Trinajstić information content (AvgIpc) is 3.20. The average molecular weight is 366 g/mol. The van der Waals surface area contributed by atoms with Gasteiger partial charge in [0.15, 0.2) is 0 Å². The zero-order valence-electron chi connectivity index (χ0n) is 14.1. The Hall–Kier alpha value is -2.84. The zero-order valence-corrected chi connectivity index (χ0v) is 14.9. The van der Waals surface area contributed by atoms with Crippen LogP contribution in [0.4, 0.5) is 11.4 Å². The van der Waals surface area contributed by atoms with Crippen LogP contribution >= 0.6 is 11.3 Å². The van der Waals surface area contributed by atoms with Crippen molar-refractivity contribution >= 4 is 28.6 Å².